The fourth-order valence-corrected chi connectivity index (χ4v) is 2.58. The highest BCUT2D eigenvalue weighted by Crippen LogP contribution is 2.04. The number of hydrogen-bond donors (Lipinski definition) is 0. The van der Waals surface area contributed by atoms with Gasteiger partial charge in [0.15, 0.2) is 0 Å². The highest BCUT2D eigenvalue weighted by molar-refractivity contribution is 4.48. The van der Waals surface area contributed by atoms with Crippen LogP contribution in [0.1, 0.15) is 100 Å². The molecule has 0 aliphatic heterocycles. The molecule has 0 aliphatic carbocycles. The summed E-state index contributed by atoms with van der Waals surface area (Å²) in [5.41, 5.74) is 0. The largest absolute Gasteiger partial charge is 0.384 e. The third-order valence-electron chi connectivity index (χ3n) is 3.70. The lowest BCUT2D eigenvalue weighted by molar-refractivity contribution is 0.155. The summed E-state index contributed by atoms with van der Waals surface area (Å²) in [5.74, 6) is 2.22. The van der Waals surface area contributed by atoms with Crippen molar-refractivity contribution in [3.05, 3.63) is 0 Å². The van der Waals surface area contributed by atoms with Crippen molar-refractivity contribution >= 4 is 0 Å². The Morgan fingerprint density at radius 1 is 0.481 bits per heavy atom. The van der Waals surface area contributed by atoms with Gasteiger partial charge in [-0.15, -0.1) is 0 Å². The predicted molar refractivity (Wildman–Crippen MR) is 124 cm³/mol. The molecule has 27 heavy (non-hydrogen) atoms. The van der Waals surface area contributed by atoms with E-state index >= 15 is 0 Å². The van der Waals surface area contributed by atoms with Gasteiger partial charge in [0.1, 0.15) is 0 Å². The van der Waals surface area contributed by atoms with Crippen molar-refractivity contribution in [2.75, 3.05) is 41.2 Å². The molecule has 3 nitrogen and oxygen atoms in total. The summed E-state index contributed by atoms with van der Waals surface area (Å²) in [6.45, 7) is 20.2. The van der Waals surface area contributed by atoms with E-state index in [2.05, 4.69) is 55.4 Å². The van der Waals surface area contributed by atoms with Gasteiger partial charge in [-0.05, 0) is 37.0 Å². The Balaban J connectivity index is -0.000000137. The molecule has 0 aromatic heterocycles. The Labute approximate surface area is 173 Å². The van der Waals surface area contributed by atoms with Crippen molar-refractivity contribution in [3.8, 4) is 0 Å². The minimum atomic E-state index is 0.741. The minimum absolute atomic E-state index is 0.741. The Morgan fingerprint density at radius 2 is 0.667 bits per heavy atom. The summed E-state index contributed by atoms with van der Waals surface area (Å²) in [4.78, 5) is 0. The maximum atomic E-state index is 4.96. The summed E-state index contributed by atoms with van der Waals surface area (Å²) in [6.07, 6.45) is 8.91. The maximum absolute atomic E-state index is 4.96. The standard InChI is InChI=1S/3C7H16O.C3H8/c3*1-4-5-7(2)6-8-3;1-3-2/h3*7H,4-6H2,1-3H3;3H2,1-2H3. The van der Waals surface area contributed by atoms with Crippen molar-refractivity contribution < 1.29 is 14.2 Å². The fraction of sp³-hybridized carbons (Fsp3) is 1.00. The average Bonchev–Trinajstić information content (AvgIpc) is 2.58. The van der Waals surface area contributed by atoms with Crippen LogP contribution in [-0.4, -0.2) is 41.2 Å². The number of rotatable bonds is 12. The number of methoxy groups -OCH3 is 3. The molecule has 0 heterocycles. The number of hydrogen-bond acceptors (Lipinski definition) is 3. The summed E-state index contributed by atoms with van der Waals surface area (Å²) < 4.78 is 14.9. The first kappa shape index (κ1) is 34.4. The molecule has 0 N–H and O–H groups in total. The van der Waals surface area contributed by atoms with Crippen LogP contribution in [0.2, 0.25) is 0 Å². The Hall–Kier alpha value is -0.120. The van der Waals surface area contributed by atoms with Gasteiger partial charge in [0, 0.05) is 41.2 Å². The average molecular weight is 393 g/mol. The van der Waals surface area contributed by atoms with Gasteiger partial charge < -0.3 is 14.2 Å². The third kappa shape index (κ3) is 46.2. The molecule has 0 aromatic carbocycles. The Kier molecular flexibility index (Phi) is 42.6. The van der Waals surface area contributed by atoms with E-state index in [1.807, 2.05) is 0 Å². The van der Waals surface area contributed by atoms with Gasteiger partial charge in [-0.1, -0.05) is 81.1 Å². The van der Waals surface area contributed by atoms with Gasteiger partial charge in [-0.3, -0.25) is 0 Å². The zero-order chi connectivity index (χ0) is 21.9. The fourth-order valence-electron chi connectivity index (χ4n) is 2.58. The van der Waals surface area contributed by atoms with Gasteiger partial charge in [-0.2, -0.15) is 0 Å². The maximum Gasteiger partial charge on any atom is 0.0487 e. The summed E-state index contributed by atoms with van der Waals surface area (Å²) in [5, 5.41) is 0. The predicted octanol–water partition coefficient (Wildman–Crippen LogP) is 7.62. The summed E-state index contributed by atoms with van der Waals surface area (Å²) >= 11 is 0. The molecule has 170 valence electrons. The molecule has 0 aromatic rings. The molecule has 0 bridgehead atoms. The Morgan fingerprint density at radius 3 is 0.778 bits per heavy atom. The van der Waals surface area contributed by atoms with Crippen LogP contribution in [-0.2, 0) is 14.2 Å². The van der Waals surface area contributed by atoms with Gasteiger partial charge in [0.2, 0.25) is 0 Å². The topological polar surface area (TPSA) is 27.7 Å². The lowest BCUT2D eigenvalue weighted by atomic mass is 10.1. The molecule has 3 atom stereocenters. The van der Waals surface area contributed by atoms with E-state index in [0.717, 1.165) is 37.6 Å². The lowest BCUT2D eigenvalue weighted by Crippen LogP contribution is -2.01. The SMILES string of the molecule is CCC.CCCC(C)COC.CCCC(C)COC.CCCC(C)COC. The summed E-state index contributed by atoms with van der Waals surface area (Å²) in [6, 6.07) is 0. The first-order valence-electron chi connectivity index (χ1n) is 11.3. The van der Waals surface area contributed by atoms with E-state index < -0.39 is 0 Å². The third-order valence-corrected chi connectivity index (χ3v) is 3.70. The highest BCUT2D eigenvalue weighted by atomic mass is 16.5. The molecule has 3 unspecified atom stereocenters. The van der Waals surface area contributed by atoms with Crippen LogP contribution in [0, 0.1) is 17.8 Å². The molecular weight excluding hydrogens is 336 g/mol. The molecule has 0 aliphatic rings. The Bertz CT molecular complexity index is 159. The van der Waals surface area contributed by atoms with E-state index in [1.165, 1.54) is 44.9 Å². The van der Waals surface area contributed by atoms with Crippen LogP contribution in [0.5, 0.6) is 0 Å². The van der Waals surface area contributed by atoms with E-state index in [0.29, 0.717) is 0 Å². The summed E-state index contributed by atoms with van der Waals surface area (Å²) in [7, 11) is 5.27. The lowest BCUT2D eigenvalue weighted by Gasteiger charge is -2.06. The second-order valence-electron chi connectivity index (χ2n) is 7.75. The molecular formula is C24H56O3. The second-order valence-corrected chi connectivity index (χ2v) is 7.75. The second kappa shape index (κ2) is 33.5. The normalized spacial score (nSPS) is 13.0. The molecule has 0 radical (unpaired) electrons. The van der Waals surface area contributed by atoms with Crippen LogP contribution >= 0.6 is 0 Å². The van der Waals surface area contributed by atoms with Crippen molar-refractivity contribution in [3.63, 3.8) is 0 Å². The van der Waals surface area contributed by atoms with E-state index in [4.69, 9.17) is 14.2 Å². The molecule has 0 amide bonds. The first-order chi connectivity index (χ1) is 12.8. The van der Waals surface area contributed by atoms with E-state index in [-0.39, 0.29) is 0 Å². The molecule has 0 saturated heterocycles. The van der Waals surface area contributed by atoms with E-state index in [9.17, 15) is 0 Å². The number of ether oxygens (including phenoxy) is 3. The van der Waals surface area contributed by atoms with Gasteiger partial charge in [0.25, 0.3) is 0 Å². The van der Waals surface area contributed by atoms with Gasteiger partial charge in [-0.25, -0.2) is 0 Å². The van der Waals surface area contributed by atoms with Crippen LogP contribution in [0.3, 0.4) is 0 Å². The molecule has 0 rings (SSSR count). The smallest absolute Gasteiger partial charge is 0.0487 e. The molecule has 0 saturated carbocycles. The minimum Gasteiger partial charge on any atom is -0.384 e. The monoisotopic (exact) mass is 392 g/mol. The first-order valence-corrected chi connectivity index (χ1v) is 11.3. The van der Waals surface area contributed by atoms with Crippen LogP contribution in [0.15, 0.2) is 0 Å². The van der Waals surface area contributed by atoms with Crippen LogP contribution in [0.4, 0.5) is 0 Å². The molecule has 0 spiro atoms. The van der Waals surface area contributed by atoms with E-state index in [1.54, 1.807) is 21.3 Å². The van der Waals surface area contributed by atoms with Crippen molar-refractivity contribution in [1.82, 2.24) is 0 Å². The molecule has 3 heteroatoms. The zero-order valence-electron chi connectivity index (χ0n) is 21.0. The van der Waals surface area contributed by atoms with Crippen LogP contribution < -0.4 is 0 Å². The van der Waals surface area contributed by atoms with Crippen molar-refractivity contribution in [2.45, 2.75) is 100 Å². The zero-order valence-corrected chi connectivity index (χ0v) is 21.0. The van der Waals surface area contributed by atoms with Gasteiger partial charge in [0.05, 0.1) is 0 Å². The van der Waals surface area contributed by atoms with Gasteiger partial charge >= 0.3 is 0 Å². The van der Waals surface area contributed by atoms with Crippen LogP contribution in [0.25, 0.3) is 0 Å². The highest BCUT2D eigenvalue weighted by Gasteiger charge is 1.97. The quantitative estimate of drug-likeness (QED) is 0.342. The van der Waals surface area contributed by atoms with Crippen molar-refractivity contribution in [2.24, 2.45) is 17.8 Å². The molecule has 0 fully saturated rings. The van der Waals surface area contributed by atoms with Crippen molar-refractivity contribution in [1.29, 1.82) is 0 Å².